The Kier molecular flexibility index (Phi) is 5.43. The van der Waals surface area contributed by atoms with E-state index in [9.17, 15) is 9.18 Å². The Hall–Kier alpha value is -2.28. The average Bonchev–Trinajstić information content (AvgIpc) is 3.05. The second-order valence-corrected chi connectivity index (χ2v) is 6.63. The van der Waals surface area contributed by atoms with Gasteiger partial charge in [0, 0.05) is 19.0 Å². The van der Waals surface area contributed by atoms with Crippen molar-refractivity contribution in [2.45, 2.75) is 33.2 Å². The second kappa shape index (κ2) is 7.74. The molecule has 6 nitrogen and oxygen atoms in total. The number of piperidine rings is 1. The van der Waals surface area contributed by atoms with Crippen LogP contribution in [-0.2, 0) is 11.3 Å². The molecule has 3 rings (SSSR count). The largest absolute Gasteiger partial charge is 0.356 e. The SMILES string of the molecule is CC(=O)NCC1CCN(Cc2nc(-c3ccc(C)c(F)c3)no2)CC1. The molecule has 2 aromatic rings. The van der Waals surface area contributed by atoms with Gasteiger partial charge in [0.25, 0.3) is 0 Å². The molecule has 0 aliphatic carbocycles. The summed E-state index contributed by atoms with van der Waals surface area (Å²) in [6.07, 6.45) is 2.06. The first kappa shape index (κ1) is 17.5. The zero-order chi connectivity index (χ0) is 17.8. The van der Waals surface area contributed by atoms with Crippen molar-refractivity contribution in [2.24, 2.45) is 5.92 Å². The number of likely N-dealkylation sites (tertiary alicyclic amines) is 1. The van der Waals surface area contributed by atoms with Gasteiger partial charge in [-0.25, -0.2) is 4.39 Å². The number of rotatable bonds is 5. The van der Waals surface area contributed by atoms with E-state index in [1.165, 1.54) is 6.07 Å². The van der Waals surface area contributed by atoms with Gasteiger partial charge in [-0.1, -0.05) is 17.3 Å². The number of amides is 1. The van der Waals surface area contributed by atoms with Crippen molar-refractivity contribution in [3.63, 3.8) is 0 Å². The second-order valence-electron chi connectivity index (χ2n) is 6.63. The molecular formula is C18H23FN4O2. The van der Waals surface area contributed by atoms with E-state index in [1.807, 2.05) is 0 Å². The van der Waals surface area contributed by atoms with Crippen LogP contribution in [0.1, 0.15) is 31.2 Å². The van der Waals surface area contributed by atoms with E-state index in [0.717, 1.165) is 32.5 Å². The normalized spacial score (nSPS) is 16.1. The van der Waals surface area contributed by atoms with Crippen molar-refractivity contribution in [3.8, 4) is 11.4 Å². The Morgan fingerprint density at radius 2 is 2.16 bits per heavy atom. The maximum atomic E-state index is 13.7. The number of aromatic nitrogens is 2. The fourth-order valence-corrected chi connectivity index (χ4v) is 3.00. The Labute approximate surface area is 146 Å². The highest BCUT2D eigenvalue weighted by Crippen LogP contribution is 2.21. The van der Waals surface area contributed by atoms with Gasteiger partial charge in [-0.2, -0.15) is 4.98 Å². The number of carbonyl (C=O) groups is 1. The number of benzene rings is 1. The van der Waals surface area contributed by atoms with Gasteiger partial charge in [0.2, 0.25) is 17.6 Å². The molecule has 2 heterocycles. The lowest BCUT2D eigenvalue weighted by molar-refractivity contribution is -0.119. The molecule has 0 spiro atoms. The van der Waals surface area contributed by atoms with Crippen LogP contribution in [-0.4, -0.2) is 40.6 Å². The molecule has 1 aliphatic heterocycles. The lowest BCUT2D eigenvalue weighted by Crippen LogP contribution is -2.37. The summed E-state index contributed by atoms with van der Waals surface area (Å²) in [6.45, 7) is 6.46. The predicted molar refractivity (Wildman–Crippen MR) is 91.1 cm³/mol. The molecule has 1 aromatic heterocycles. The third-order valence-electron chi connectivity index (χ3n) is 4.60. The summed E-state index contributed by atoms with van der Waals surface area (Å²) in [5, 5.41) is 6.84. The highest BCUT2D eigenvalue weighted by atomic mass is 19.1. The van der Waals surface area contributed by atoms with E-state index in [1.54, 1.807) is 26.0 Å². The topological polar surface area (TPSA) is 71.3 Å². The predicted octanol–water partition coefficient (Wildman–Crippen LogP) is 2.53. The number of nitrogens with one attached hydrogen (secondary N) is 1. The number of aryl methyl sites for hydroxylation is 1. The van der Waals surface area contributed by atoms with Crippen molar-refractivity contribution in [1.82, 2.24) is 20.4 Å². The highest BCUT2D eigenvalue weighted by Gasteiger charge is 2.21. The van der Waals surface area contributed by atoms with Crippen LogP contribution < -0.4 is 5.32 Å². The number of nitrogens with zero attached hydrogens (tertiary/aromatic N) is 3. The van der Waals surface area contributed by atoms with Crippen LogP contribution in [0.4, 0.5) is 4.39 Å². The molecule has 1 N–H and O–H groups in total. The average molecular weight is 346 g/mol. The van der Waals surface area contributed by atoms with Crippen LogP contribution >= 0.6 is 0 Å². The molecule has 1 saturated heterocycles. The van der Waals surface area contributed by atoms with Gasteiger partial charge in [-0.05, 0) is 50.4 Å². The van der Waals surface area contributed by atoms with E-state index < -0.39 is 0 Å². The molecule has 25 heavy (non-hydrogen) atoms. The molecule has 1 aromatic carbocycles. The zero-order valence-corrected chi connectivity index (χ0v) is 14.6. The van der Waals surface area contributed by atoms with Crippen molar-refractivity contribution in [3.05, 3.63) is 35.5 Å². The van der Waals surface area contributed by atoms with Gasteiger partial charge < -0.3 is 9.84 Å². The summed E-state index contributed by atoms with van der Waals surface area (Å²) in [5.74, 6) is 1.22. The Morgan fingerprint density at radius 1 is 1.40 bits per heavy atom. The molecule has 7 heteroatoms. The van der Waals surface area contributed by atoms with Gasteiger partial charge in [-0.3, -0.25) is 9.69 Å². The van der Waals surface area contributed by atoms with E-state index in [0.29, 0.717) is 35.3 Å². The van der Waals surface area contributed by atoms with Gasteiger partial charge in [0.05, 0.1) is 6.54 Å². The van der Waals surface area contributed by atoms with Gasteiger partial charge in [0.15, 0.2) is 0 Å². The third-order valence-corrected chi connectivity index (χ3v) is 4.60. The summed E-state index contributed by atoms with van der Waals surface area (Å²) < 4.78 is 19.0. The van der Waals surface area contributed by atoms with Crippen molar-refractivity contribution >= 4 is 5.91 Å². The molecule has 0 bridgehead atoms. The van der Waals surface area contributed by atoms with Crippen LogP contribution in [0.5, 0.6) is 0 Å². The fourth-order valence-electron chi connectivity index (χ4n) is 3.00. The van der Waals surface area contributed by atoms with Crippen LogP contribution in [0, 0.1) is 18.7 Å². The zero-order valence-electron chi connectivity index (χ0n) is 14.6. The van der Waals surface area contributed by atoms with Crippen LogP contribution in [0.25, 0.3) is 11.4 Å². The summed E-state index contributed by atoms with van der Waals surface area (Å²) in [6, 6.07) is 4.93. The fraction of sp³-hybridized carbons (Fsp3) is 0.500. The van der Waals surface area contributed by atoms with E-state index in [-0.39, 0.29) is 11.7 Å². The molecule has 0 unspecified atom stereocenters. The quantitative estimate of drug-likeness (QED) is 0.901. The first-order chi connectivity index (χ1) is 12.0. The third kappa shape index (κ3) is 4.63. The summed E-state index contributed by atoms with van der Waals surface area (Å²) in [7, 11) is 0. The molecule has 134 valence electrons. The molecule has 0 radical (unpaired) electrons. The van der Waals surface area contributed by atoms with Crippen molar-refractivity contribution < 1.29 is 13.7 Å². The lowest BCUT2D eigenvalue weighted by Gasteiger charge is -2.30. The Bertz CT molecular complexity index is 738. The van der Waals surface area contributed by atoms with Crippen molar-refractivity contribution in [1.29, 1.82) is 0 Å². The molecular weight excluding hydrogens is 323 g/mol. The number of hydrogen-bond donors (Lipinski definition) is 1. The molecule has 1 amide bonds. The Balaban J connectivity index is 1.54. The van der Waals surface area contributed by atoms with Gasteiger partial charge in [0.1, 0.15) is 5.82 Å². The minimum atomic E-state index is -0.273. The van der Waals surface area contributed by atoms with E-state index in [4.69, 9.17) is 4.52 Å². The summed E-state index contributed by atoms with van der Waals surface area (Å²) in [5.41, 5.74) is 1.21. The van der Waals surface area contributed by atoms with E-state index >= 15 is 0 Å². The summed E-state index contributed by atoms with van der Waals surface area (Å²) >= 11 is 0. The first-order valence-corrected chi connectivity index (χ1v) is 8.57. The van der Waals surface area contributed by atoms with E-state index in [2.05, 4.69) is 20.4 Å². The smallest absolute Gasteiger partial charge is 0.241 e. The van der Waals surface area contributed by atoms with Crippen LogP contribution in [0.2, 0.25) is 0 Å². The minimum Gasteiger partial charge on any atom is -0.356 e. The summed E-state index contributed by atoms with van der Waals surface area (Å²) in [4.78, 5) is 17.6. The van der Waals surface area contributed by atoms with Crippen LogP contribution in [0.3, 0.4) is 0 Å². The maximum absolute atomic E-state index is 13.7. The van der Waals surface area contributed by atoms with Crippen LogP contribution in [0.15, 0.2) is 22.7 Å². The van der Waals surface area contributed by atoms with Gasteiger partial charge >= 0.3 is 0 Å². The standard InChI is InChI=1S/C18H23FN4O2/c1-12-3-4-15(9-16(12)19)18-21-17(25-22-18)11-23-7-5-14(6-8-23)10-20-13(2)24/h3-4,9,14H,5-8,10-11H2,1-2H3,(H,20,24). The molecule has 1 fully saturated rings. The molecule has 0 atom stereocenters. The number of hydrogen-bond acceptors (Lipinski definition) is 5. The Morgan fingerprint density at radius 3 is 2.84 bits per heavy atom. The minimum absolute atomic E-state index is 0.0216. The van der Waals surface area contributed by atoms with Gasteiger partial charge in [-0.15, -0.1) is 0 Å². The lowest BCUT2D eigenvalue weighted by atomic mass is 9.97. The monoisotopic (exact) mass is 346 g/mol. The number of carbonyl (C=O) groups excluding carboxylic acids is 1. The first-order valence-electron chi connectivity index (χ1n) is 8.57. The number of halogens is 1. The highest BCUT2D eigenvalue weighted by molar-refractivity contribution is 5.72. The molecule has 0 saturated carbocycles. The molecule has 1 aliphatic rings. The maximum Gasteiger partial charge on any atom is 0.241 e. The van der Waals surface area contributed by atoms with Crippen molar-refractivity contribution in [2.75, 3.05) is 19.6 Å².